The fraction of sp³-hybridized carbons (Fsp3) is 0.750. The molecule has 1 rings (SSSR count). The Morgan fingerprint density at radius 2 is 1.42 bits per heavy atom. The Bertz CT molecular complexity index is 538. The second kappa shape index (κ2) is 10.1. The number of nitrogens with two attached hydrogens (primary N) is 1. The standard InChI is InChI=1S/C16H26N2O8/c1-9(19)23-8-13-15(25-11(3)21)16(26-12(4)22)14(24-10(2)20)7-18(13)6-5-17/h13-16H,5-8,17H2,1-4H3/t13-,14+,15-,16-/m1/s1. The molecule has 1 heterocycles. The van der Waals surface area contributed by atoms with E-state index in [1.54, 1.807) is 4.90 Å². The minimum Gasteiger partial charge on any atom is -0.464 e. The average Bonchev–Trinajstić information content (AvgIpc) is 2.48. The number of esters is 4. The number of hydrogen-bond donors (Lipinski definition) is 1. The molecule has 1 fully saturated rings. The molecule has 4 atom stereocenters. The van der Waals surface area contributed by atoms with Gasteiger partial charge in [0.2, 0.25) is 0 Å². The fourth-order valence-corrected chi connectivity index (χ4v) is 2.92. The largest absolute Gasteiger partial charge is 0.464 e. The number of hydrogen-bond acceptors (Lipinski definition) is 10. The predicted octanol–water partition coefficient (Wildman–Crippen LogP) is -1.01. The smallest absolute Gasteiger partial charge is 0.303 e. The number of rotatable bonds is 7. The lowest BCUT2D eigenvalue weighted by Crippen LogP contribution is -2.66. The van der Waals surface area contributed by atoms with Crippen LogP contribution in [0.2, 0.25) is 0 Å². The van der Waals surface area contributed by atoms with Gasteiger partial charge in [-0.25, -0.2) is 0 Å². The Balaban J connectivity index is 3.22. The molecule has 148 valence electrons. The predicted molar refractivity (Wildman–Crippen MR) is 87.7 cm³/mol. The number of carbonyl (C=O) groups is 4. The lowest BCUT2D eigenvalue weighted by molar-refractivity contribution is -0.207. The third kappa shape index (κ3) is 6.60. The third-order valence-electron chi connectivity index (χ3n) is 3.75. The lowest BCUT2D eigenvalue weighted by Gasteiger charge is -2.46. The highest BCUT2D eigenvalue weighted by Gasteiger charge is 2.49. The molecule has 1 saturated heterocycles. The van der Waals surface area contributed by atoms with E-state index in [1.807, 2.05) is 0 Å². The maximum absolute atomic E-state index is 11.6. The van der Waals surface area contributed by atoms with Gasteiger partial charge >= 0.3 is 23.9 Å². The van der Waals surface area contributed by atoms with E-state index < -0.39 is 48.2 Å². The molecule has 1 aliphatic heterocycles. The number of carbonyl (C=O) groups excluding carboxylic acids is 4. The topological polar surface area (TPSA) is 134 Å². The van der Waals surface area contributed by atoms with E-state index in [1.165, 1.54) is 27.7 Å². The molecule has 0 aromatic rings. The summed E-state index contributed by atoms with van der Waals surface area (Å²) < 4.78 is 21.0. The first-order valence-corrected chi connectivity index (χ1v) is 8.24. The van der Waals surface area contributed by atoms with Gasteiger partial charge in [0, 0.05) is 47.3 Å². The zero-order valence-electron chi connectivity index (χ0n) is 15.4. The first-order chi connectivity index (χ1) is 12.1. The van der Waals surface area contributed by atoms with Crippen LogP contribution in [-0.4, -0.2) is 79.4 Å². The number of piperidine rings is 1. The third-order valence-corrected chi connectivity index (χ3v) is 3.75. The number of ether oxygens (including phenoxy) is 4. The summed E-state index contributed by atoms with van der Waals surface area (Å²) >= 11 is 0. The molecule has 0 spiro atoms. The van der Waals surface area contributed by atoms with E-state index in [4.69, 9.17) is 24.7 Å². The summed E-state index contributed by atoms with van der Waals surface area (Å²) in [5.74, 6) is -2.32. The first-order valence-electron chi connectivity index (χ1n) is 8.24. The summed E-state index contributed by atoms with van der Waals surface area (Å²) in [5, 5.41) is 0. The highest BCUT2D eigenvalue weighted by molar-refractivity contribution is 5.68. The van der Waals surface area contributed by atoms with Crippen molar-refractivity contribution < 1.29 is 38.1 Å². The Hall–Kier alpha value is -2.20. The van der Waals surface area contributed by atoms with Crippen LogP contribution < -0.4 is 5.73 Å². The molecule has 0 radical (unpaired) electrons. The molecule has 0 amide bonds. The van der Waals surface area contributed by atoms with Crippen molar-refractivity contribution in [3.63, 3.8) is 0 Å². The summed E-state index contributed by atoms with van der Waals surface area (Å²) in [5.41, 5.74) is 5.64. The van der Waals surface area contributed by atoms with Crippen LogP contribution in [-0.2, 0) is 38.1 Å². The van der Waals surface area contributed by atoms with Gasteiger partial charge in [-0.15, -0.1) is 0 Å². The van der Waals surface area contributed by atoms with Crippen LogP contribution in [0.4, 0.5) is 0 Å². The monoisotopic (exact) mass is 374 g/mol. The van der Waals surface area contributed by atoms with E-state index in [2.05, 4.69) is 0 Å². The minimum absolute atomic E-state index is 0.0994. The number of nitrogens with zero attached hydrogens (tertiary/aromatic N) is 1. The van der Waals surface area contributed by atoms with Crippen LogP contribution in [0, 0.1) is 0 Å². The average molecular weight is 374 g/mol. The summed E-state index contributed by atoms with van der Waals surface area (Å²) in [7, 11) is 0. The second-order valence-corrected chi connectivity index (χ2v) is 5.95. The highest BCUT2D eigenvalue weighted by atomic mass is 16.6. The van der Waals surface area contributed by atoms with Crippen molar-refractivity contribution in [3.05, 3.63) is 0 Å². The molecule has 10 nitrogen and oxygen atoms in total. The van der Waals surface area contributed by atoms with E-state index in [0.29, 0.717) is 6.54 Å². The van der Waals surface area contributed by atoms with Gasteiger partial charge in [0.05, 0.1) is 6.04 Å². The van der Waals surface area contributed by atoms with Gasteiger partial charge in [-0.2, -0.15) is 0 Å². The number of likely N-dealkylation sites (tertiary alicyclic amines) is 1. The molecule has 0 unspecified atom stereocenters. The summed E-state index contributed by atoms with van der Waals surface area (Å²) in [6.07, 6.45) is -2.89. The van der Waals surface area contributed by atoms with E-state index in [0.717, 1.165) is 0 Å². The van der Waals surface area contributed by atoms with Gasteiger partial charge in [-0.05, 0) is 0 Å². The molecule has 1 aliphatic rings. The highest BCUT2D eigenvalue weighted by Crippen LogP contribution is 2.27. The molecule has 0 bridgehead atoms. The molecule has 10 heteroatoms. The van der Waals surface area contributed by atoms with Gasteiger partial charge in [0.25, 0.3) is 0 Å². The molecule has 0 aliphatic carbocycles. The van der Waals surface area contributed by atoms with Crippen molar-refractivity contribution in [2.75, 3.05) is 26.2 Å². The molecule has 26 heavy (non-hydrogen) atoms. The molecule has 0 saturated carbocycles. The second-order valence-electron chi connectivity index (χ2n) is 5.95. The normalized spacial score (nSPS) is 25.9. The fourth-order valence-electron chi connectivity index (χ4n) is 2.92. The quantitative estimate of drug-likeness (QED) is 0.436. The van der Waals surface area contributed by atoms with Crippen molar-refractivity contribution in [3.8, 4) is 0 Å². The van der Waals surface area contributed by atoms with Crippen LogP contribution in [0.3, 0.4) is 0 Å². The Morgan fingerprint density at radius 3 is 1.88 bits per heavy atom. The van der Waals surface area contributed by atoms with Crippen LogP contribution in [0.15, 0.2) is 0 Å². The van der Waals surface area contributed by atoms with Crippen LogP contribution in [0.1, 0.15) is 27.7 Å². The maximum atomic E-state index is 11.6. The zero-order chi connectivity index (χ0) is 19.9. The van der Waals surface area contributed by atoms with Gasteiger partial charge in [0.1, 0.15) is 6.61 Å². The van der Waals surface area contributed by atoms with Crippen molar-refractivity contribution in [2.24, 2.45) is 5.73 Å². The van der Waals surface area contributed by atoms with Gasteiger partial charge in [0.15, 0.2) is 18.3 Å². The Kier molecular flexibility index (Phi) is 8.46. The van der Waals surface area contributed by atoms with Gasteiger partial charge in [-0.3, -0.25) is 24.1 Å². The molecule has 0 aromatic carbocycles. The van der Waals surface area contributed by atoms with Crippen LogP contribution in [0.25, 0.3) is 0 Å². The Labute approximate surface area is 151 Å². The molecule has 2 N–H and O–H groups in total. The van der Waals surface area contributed by atoms with Gasteiger partial charge in [-0.1, -0.05) is 0 Å². The van der Waals surface area contributed by atoms with Crippen molar-refractivity contribution in [1.82, 2.24) is 4.90 Å². The van der Waals surface area contributed by atoms with E-state index >= 15 is 0 Å². The molecular weight excluding hydrogens is 348 g/mol. The van der Waals surface area contributed by atoms with E-state index in [-0.39, 0.29) is 19.7 Å². The van der Waals surface area contributed by atoms with Crippen molar-refractivity contribution >= 4 is 23.9 Å². The van der Waals surface area contributed by atoms with Gasteiger partial charge < -0.3 is 24.7 Å². The maximum Gasteiger partial charge on any atom is 0.303 e. The zero-order valence-corrected chi connectivity index (χ0v) is 15.4. The SMILES string of the molecule is CC(=O)OC[C@@H]1[C@@H](OC(C)=O)[C@H](OC(C)=O)[C@@H](OC(C)=O)CN1CCN. The molecule has 0 aromatic heterocycles. The summed E-state index contributed by atoms with van der Waals surface area (Å²) in [6.45, 7) is 5.60. The summed E-state index contributed by atoms with van der Waals surface area (Å²) in [4.78, 5) is 47.6. The minimum atomic E-state index is -1.03. The molecular formula is C16H26N2O8. The lowest BCUT2D eigenvalue weighted by atomic mass is 9.93. The van der Waals surface area contributed by atoms with Crippen LogP contribution >= 0.6 is 0 Å². The van der Waals surface area contributed by atoms with E-state index in [9.17, 15) is 19.2 Å². The van der Waals surface area contributed by atoms with Crippen molar-refractivity contribution in [2.45, 2.75) is 52.0 Å². The van der Waals surface area contributed by atoms with Crippen molar-refractivity contribution in [1.29, 1.82) is 0 Å². The summed E-state index contributed by atoms with van der Waals surface area (Å²) in [6, 6.07) is -0.609. The van der Waals surface area contributed by atoms with Crippen LogP contribution in [0.5, 0.6) is 0 Å². The first kappa shape index (κ1) is 21.8. The Morgan fingerprint density at radius 1 is 0.885 bits per heavy atom.